The molecule has 2 rings (SSSR count). The van der Waals surface area contributed by atoms with E-state index in [1.165, 1.54) is 82.6 Å². The average Bonchev–Trinajstić information content (AvgIpc) is 1.68. The van der Waals surface area contributed by atoms with Gasteiger partial charge in [-0.25, -0.2) is 9.97 Å². The third kappa shape index (κ3) is 52.2. The highest BCUT2D eigenvalue weighted by Crippen LogP contribution is 2.29. The lowest BCUT2D eigenvalue weighted by molar-refractivity contribution is -0.142. The topological polar surface area (TPSA) is 848 Å². The predicted molar refractivity (Wildman–Crippen MR) is 527 cm³/mol. The normalized spacial score (nSPS) is 14.9. The number of carbonyl (C=O) groups excluding carboxylic acids is 19. The van der Waals surface area contributed by atoms with E-state index in [1.807, 2.05) is 0 Å². The Hall–Kier alpha value is -13.3. The number of H-pyrrole nitrogens is 1. The summed E-state index contributed by atoms with van der Waals surface area (Å²) in [5.74, 6) is -24.6. The van der Waals surface area contributed by atoms with Crippen molar-refractivity contribution in [2.45, 2.75) is 326 Å². The summed E-state index contributed by atoms with van der Waals surface area (Å²) in [7, 11) is 2.58. The SMILES string of the molecule is CC(C)C[C@H](NC(=O)[C@H](C)NC(=O)[C@H](CCC(=O)O)NC(=O)[C@H](CCC(=O)O)NC(=O)[C@H](Cc1c[nH]cn1)NC(=O)[C@H](C)NC(=O)[C@H](CCCCN)NC(=O)[C@H](CC(C)C)NC(=O)[C@H](CC(C)C)NC(=O)[C@H](C)NC(=O)[C@H](CCC(=O)O)NC(=O)[C@H](C)NC(=O)[C@H](C)NC(=O)CNC(=O)CNC(=O)[C@@H](N)CSSc1ccccn1)C(=O)N[C@@H](CCCCN)C(=O)N[C@@H](CCCCN)C(=O)N[C@@H](C)C(=O)N[C@@H](C)C(=O)O. The summed E-state index contributed by atoms with van der Waals surface area (Å²) < 4.78 is 0. The van der Waals surface area contributed by atoms with Crippen molar-refractivity contribution in [3.63, 3.8) is 0 Å². The Labute approximate surface area is 847 Å². The van der Waals surface area contributed by atoms with Gasteiger partial charge in [-0.3, -0.25) is 110 Å². The van der Waals surface area contributed by atoms with Gasteiger partial charge in [-0.2, -0.15) is 0 Å². The van der Waals surface area contributed by atoms with E-state index in [9.17, 15) is 131 Å². The molecule has 53 nitrogen and oxygen atoms in total. The standard InChI is InChI=1S/C90H148N26O27S2/c1-45(2)36-63(86(138)110-59(24-16-20-34-93)84(136)108-57(22-14-18-32-91)80(132)102-49(8)74(126)106-54(13)90(142)143)113-76(128)52(11)105-83(135)61(27-30-71(121)122)111-85(137)62(28-31-72(123)124)112-89(141)66(39-55-40-95-44-99-55)115-78(130)53(12)103-81(133)58(23-15-19-33-92)109-87(139)65(38-47(5)6)116-88(140)64(37-46(3)4)114-77(129)51(10)104-82(134)60(26-29-70(119)120)107-75(127)50(9)101-73(125)48(7)100-68(118)42-97-67(117)41-98-79(131)56(94)43-144-145-69-25-17-21-35-96-69/h17,21,25,35,40,44-54,56-66H,14-16,18-20,22-24,26-34,36-39,41-43,91-94H2,1-13H3,(H,95,99)(H,97,117)(H,98,131)(H,100,118)(H,101,125)(H,102,132)(H,103,133)(H,104,134)(H,105,135)(H,106,126)(H,107,127)(H,108,136)(H,109,139)(H,110,138)(H,111,137)(H,112,141)(H,113,128)(H,114,129)(H,115,130)(H,116,140)(H,119,120)(H,121,122)(H,123,124)(H,142,143)/t48-,49-,50-,51-,52-,53-,54-,56-,57-,58-,59-,60-,61-,62-,63-,64-,65-,66-/m0/s1. The van der Waals surface area contributed by atoms with Crippen molar-refractivity contribution in [2.24, 2.45) is 40.7 Å². The molecule has 0 fully saturated rings. The van der Waals surface area contributed by atoms with E-state index in [1.54, 1.807) is 65.9 Å². The lowest BCUT2D eigenvalue weighted by Gasteiger charge is -2.28. The van der Waals surface area contributed by atoms with Crippen molar-refractivity contribution in [3.8, 4) is 0 Å². The maximum absolute atomic E-state index is 14.6. The third-order valence-electron chi connectivity index (χ3n) is 21.7. The Morgan fingerprint density at radius 1 is 0.324 bits per heavy atom. The molecule has 2 aromatic rings. The lowest BCUT2D eigenvalue weighted by atomic mass is 9.99. The Kier molecular flexibility index (Phi) is 60.0. The molecule has 0 saturated carbocycles. The molecular weight excluding hydrogens is 1940 g/mol. The summed E-state index contributed by atoms with van der Waals surface area (Å²) in [6.07, 6.45) is 1.02. The van der Waals surface area contributed by atoms with Gasteiger partial charge in [0, 0.05) is 43.8 Å². The summed E-state index contributed by atoms with van der Waals surface area (Å²) in [5, 5.41) is 85.7. The summed E-state index contributed by atoms with van der Waals surface area (Å²) >= 11 is 0. The van der Waals surface area contributed by atoms with Crippen molar-refractivity contribution >= 4 is 158 Å². The van der Waals surface area contributed by atoms with E-state index in [2.05, 4.69) is 116 Å². The second kappa shape index (κ2) is 68.1. The fraction of sp³-hybridized carbons (Fsp3) is 0.656. The number of hydrogen-bond acceptors (Lipinski definition) is 31. The van der Waals surface area contributed by atoms with Gasteiger partial charge in [0.2, 0.25) is 112 Å². The molecule has 55 heteroatoms. The number of nitrogens with two attached hydrogens (primary N) is 4. The van der Waals surface area contributed by atoms with E-state index in [0.29, 0.717) is 30.7 Å². The number of aromatic nitrogens is 3. The number of pyridine rings is 1. The van der Waals surface area contributed by atoms with Crippen LogP contribution in [0.1, 0.15) is 211 Å². The van der Waals surface area contributed by atoms with Crippen LogP contribution in [-0.2, 0) is 117 Å². The summed E-state index contributed by atoms with van der Waals surface area (Å²) in [4.78, 5) is 321. The first-order valence-electron chi connectivity index (χ1n) is 47.8. The summed E-state index contributed by atoms with van der Waals surface area (Å²) in [6, 6.07) is -21.3. The number of rotatable bonds is 72. The second-order valence-electron chi connectivity index (χ2n) is 36.1. The fourth-order valence-electron chi connectivity index (χ4n) is 13.5. The summed E-state index contributed by atoms with van der Waals surface area (Å²) in [6.45, 7) is 18.2. The highest BCUT2D eigenvalue weighted by molar-refractivity contribution is 8.76. The first kappa shape index (κ1) is 128. The smallest absolute Gasteiger partial charge is 0.325 e. The molecular formula is C90H148N26O27S2. The van der Waals surface area contributed by atoms with Crippen LogP contribution in [0.15, 0.2) is 41.9 Å². The van der Waals surface area contributed by atoms with Crippen LogP contribution in [0.5, 0.6) is 0 Å². The van der Waals surface area contributed by atoms with Crippen LogP contribution in [0.25, 0.3) is 0 Å². The molecule has 19 amide bonds. The Morgan fingerprint density at radius 3 is 0.938 bits per heavy atom. The number of carboxylic acid groups (broad SMARTS) is 4. The van der Waals surface area contributed by atoms with Crippen LogP contribution in [0, 0.1) is 17.8 Å². The molecule has 0 aliphatic rings. The van der Waals surface area contributed by atoms with E-state index in [4.69, 9.17) is 22.9 Å². The van der Waals surface area contributed by atoms with Gasteiger partial charge in [0.1, 0.15) is 108 Å². The molecule has 32 N–H and O–H groups in total. The van der Waals surface area contributed by atoms with Crippen molar-refractivity contribution < 1.29 is 131 Å². The first-order chi connectivity index (χ1) is 68.2. The van der Waals surface area contributed by atoms with Gasteiger partial charge in [-0.05, 0) is 205 Å². The molecule has 18 atom stereocenters. The Balaban J connectivity index is 2.35. The monoisotopic (exact) mass is 2090 g/mol. The van der Waals surface area contributed by atoms with Gasteiger partial charge in [0.15, 0.2) is 0 Å². The van der Waals surface area contributed by atoms with Crippen molar-refractivity contribution in [2.75, 3.05) is 38.5 Å². The first-order valence-corrected chi connectivity index (χ1v) is 50.1. The van der Waals surface area contributed by atoms with E-state index >= 15 is 0 Å². The number of imidazole rings is 1. The molecule has 812 valence electrons. The molecule has 0 aliphatic carbocycles. The van der Waals surface area contributed by atoms with Gasteiger partial charge >= 0.3 is 23.9 Å². The number of carboxylic acids is 4. The number of nitrogens with one attached hydrogen (secondary N) is 20. The summed E-state index contributed by atoms with van der Waals surface area (Å²) in [5.41, 5.74) is 23.4. The number of aliphatic carboxylic acids is 4. The van der Waals surface area contributed by atoms with Gasteiger partial charge in [-0.15, -0.1) is 0 Å². The van der Waals surface area contributed by atoms with E-state index in [-0.39, 0.29) is 100 Å². The largest absolute Gasteiger partial charge is 0.481 e. The van der Waals surface area contributed by atoms with Gasteiger partial charge in [0.25, 0.3) is 0 Å². The van der Waals surface area contributed by atoms with Gasteiger partial charge in [-0.1, -0.05) is 58.4 Å². The minimum Gasteiger partial charge on any atom is -0.481 e. The van der Waals surface area contributed by atoms with Crippen LogP contribution < -0.4 is 124 Å². The van der Waals surface area contributed by atoms with Crippen LogP contribution in [-0.4, -0.2) is 319 Å². The lowest BCUT2D eigenvalue weighted by Crippen LogP contribution is -2.61. The van der Waals surface area contributed by atoms with E-state index in [0.717, 1.165) is 0 Å². The van der Waals surface area contributed by atoms with Crippen LogP contribution in [0.3, 0.4) is 0 Å². The number of amides is 19. The zero-order valence-electron chi connectivity index (χ0n) is 84.0. The number of hydrogen-bond donors (Lipinski definition) is 28. The van der Waals surface area contributed by atoms with Gasteiger partial charge in [0.05, 0.1) is 31.2 Å². The van der Waals surface area contributed by atoms with Gasteiger partial charge < -0.3 is 149 Å². The minimum absolute atomic E-state index is 0.0112. The molecule has 0 spiro atoms. The predicted octanol–water partition coefficient (Wildman–Crippen LogP) is -6.07. The number of aromatic amines is 1. The van der Waals surface area contributed by atoms with Crippen molar-refractivity contribution in [1.82, 2.24) is 116 Å². The second-order valence-corrected chi connectivity index (χ2v) is 38.4. The molecule has 0 aliphatic heterocycles. The maximum atomic E-state index is 14.6. The number of unbranched alkanes of at least 4 members (excludes halogenated alkanes) is 3. The zero-order valence-corrected chi connectivity index (χ0v) is 85.6. The van der Waals surface area contributed by atoms with Crippen LogP contribution in [0.4, 0.5) is 0 Å². The van der Waals surface area contributed by atoms with Crippen LogP contribution >= 0.6 is 21.6 Å². The number of carbonyl (C=O) groups is 23. The molecule has 2 aromatic heterocycles. The Morgan fingerprint density at radius 2 is 0.614 bits per heavy atom. The molecule has 0 aromatic carbocycles. The molecule has 0 unspecified atom stereocenters. The molecule has 145 heavy (non-hydrogen) atoms. The van der Waals surface area contributed by atoms with Crippen LogP contribution in [0.2, 0.25) is 0 Å². The molecule has 0 saturated heterocycles. The fourth-order valence-corrected chi connectivity index (χ4v) is 15.5. The quantitative estimate of drug-likeness (QED) is 0.0216. The zero-order chi connectivity index (χ0) is 109. The highest BCUT2D eigenvalue weighted by atomic mass is 33.1. The third-order valence-corrected chi connectivity index (χ3v) is 24.0. The Bertz CT molecular complexity index is 4640. The minimum atomic E-state index is -1.90. The molecule has 0 bridgehead atoms. The number of nitrogens with zero attached hydrogens (tertiary/aromatic N) is 2. The molecule has 2 heterocycles. The molecule has 0 radical (unpaired) electrons. The van der Waals surface area contributed by atoms with Crippen molar-refractivity contribution in [1.29, 1.82) is 0 Å². The van der Waals surface area contributed by atoms with E-state index < -0.39 is 303 Å². The maximum Gasteiger partial charge on any atom is 0.325 e. The average molecular weight is 2090 g/mol. The van der Waals surface area contributed by atoms with Crippen molar-refractivity contribution in [3.05, 3.63) is 42.6 Å². The highest BCUT2D eigenvalue weighted by Gasteiger charge is 2.40.